The van der Waals surface area contributed by atoms with Gasteiger partial charge in [0.25, 0.3) is 0 Å². The standard InChI is InChI=1S/C18H17ClN4OS/c1-11-8-15(24)20-6-7-23(11)17-16-14(9-25-18(16)22-10-21-17)12-2-4-13(19)5-3-12/h2-5,9-11H,6-8H2,1H3,(H,20,24). The van der Waals surface area contributed by atoms with Crippen LogP contribution in [0.4, 0.5) is 5.82 Å². The van der Waals surface area contributed by atoms with Gasteiger partial charge in [0.05, 0.1) is 5.39 Å². The molecule has 1 aliphatic rings. The molecule has 1 N–H and O–H groups in total. The largest absolute Gasteiger partial charge is 0.354 e. The summed E-state index contributed by atoms with van der Waals surface area (Å²) in [5.74, 6) is 0.976. The Balaban J connectivity index is 1.85. The number of anilines is 1. The fourth-order valence-electron chi connectivity index (χ4n) is 3.22. The maximum Gasteiger partial charge on any atom is 0.222 e. The third kappa shape index (κ3) is 3.07. The number of hydrogen-bond acceptors (Lipinski definition) is 5. The van der Waals surface area contributed by atoms with E-state index in [1.807, 2.05) is 24.3 Å². The summed E-state index contributed by atoms with van der Waals surface area (Å²) in [6.07, 6.45) is 2.07. The van der Waals surface area contributed by atoms with Crippen LogP contribution in [-0.2, 0) is 4.79 Å². The Kier molecular flexibility index (Phi) is 4.31. The van der Waals surface area contributed by atoms with E-state index in [9.17, 15) is 4.79 Å². The van der Waals surface area contributed by atoms with Gasteiger partial charge in [-0.3, -0.25) is 4.79 Å². The fraction of sp³-hybridized carbons (Fsp3) is 0.278. The van der Waals surface area contributed by atoms with Crippen molar-refractivity contribution in [2.24, 2.45) is 0 Å². The second kappa shape index (κ2) is 6.61. The Labute approximate surface area is 154 Å². The van der Waals surface area contributed by atoms with E-state index >= 15 is 0 Å². The topological polar surface area (TPSA) is 58.1 Å². The molecule has 1 aliphatic heterocycles. The van der Waals surface area contributed by atoms with Crippen LogP contribution < -0.4 is 10.2 Å². The lowest BCUT2D eigenvalue weighted by Crippen LogP contribution is -2.35. The van der Waals surface area contributed by atoms with Gasteiger partial charge in [-0.1, -0.05) is 23.7 Å². The number of fused-ring (bicyclic) bond motifs is 1. The Morgan fingerprint density at radius 1 is 1.28 bits per heavy atom. The maximum absolute atomic E-state index is 11.8. The van der Waals surface area contributed by atoms with Gasteiger partial charge >= 0.3 is 0 Å². The molecule has 3 aromatic rings. The van der Waals surface area contributed by atoms with Crippen molar-refractivity contribution in [1.29, 1.82) is 0 Å². The van der Waals surface area contributed by atoms with E-state index in [0.717, 1.165) is 33.7 Å². The Bertz CT molecular complexity index is 924. The number of nitrogens with zero attached hydrogens (tertiary/aromatic N) is 3. The van der Waals surface area contributed by atoms with E-state index in [0.29, 0.717) is 18.0 Å². The van der Waals surface area contributed by atoms with Crippen LogP contribution in [-0.4, -0.2) is 35.0 Å². The van der Waals surface area contributed by atoms with Gasteiger partial charge in [-0.15, -0.1) is 11.3 Å². The van der Waals surface area contributed by atoms with Crippen LogP contribution in [0.5, 0.6) is 0 Å². The van der Waals surface area contributed by atoms with E-state index in [4.69, 9.17) is 11.6 Å². The van der Waals surface area contributed by atoms with Crippen molar-refractivity contribution in [2.45, 2.75) is 19.4 Å². The molecule has 1 saturated heterocycles. The van der Waals surface area contributed by atoms with Gasteiger partial charge in [-0.05, 0) is 24.6 Å². The molecular formula is C18H17ClN4OS. The SMILES string of the molecule is CC1CC(=O)NCCN1c1ncnc2scc(-c3ccc(Cl)cc3)c12. The first-order valence-corrected chi connectivity index (χ1v) is 9.40. The first kappa shape index (κ1) is 16.3. The highest BCUT2D eigenvalue weighted by molar-refractivity contribution is 7.17. The normalized spacial score (nSPS) is 18.2. The van der Waals surface area contributed by atoms with Crippen molar-refractivity contribution >= 4 is 44.9 Å². The quantitative estimate of drug-likeness (QED) is 0.744. The number of amides is 1. The lowest BCUT2D eigenvalue weighted by atomic mass is 10.1. The van der Waals surface area contributed by atoms with E-state index in [2.05, 4.69) is 32.5 Å². The minimum Gasteiger partial charge on any atom is -0.354 e. The number of nitrogens with one attached hydrogen (secondary N) is 1. The van der Waals surface area contributed by atoms with Crippen molar-refractivity contribution in [3.63, 3.8) is 0 Å². The van der Waals surface area contributed by atoms with Crippen LogP contribution >= 0.6 is 22.9 Å². The van der Waals surface area contributed by atoms with Crippen molar-refractivity contribution in [2.75, 3.05) is 18.0 Å². The predicted molar refractivity (Wildman–Crippen MR) is 102 cm³/mol. The smallest absolute Gasteiger partial charge is 0.222 e. The molecule has 5 nitrogen and oxygen atoms in total. The van der Waals surface area contributed by atoms with Crippen LogP contribution in [0, 0.1) is 0 Å². The van der Waals surface area contributed by atoms with Crippen molar-refractivity contribution < 1.29 is 4.79 Å². The minimum absolute atomic E-state index is 0.0820. The number of halogens is 1. The van der Waals surface area contributed by atoms with Crippen LogP contribution in [0.2, 0.25) is 5.02 Å². The summed E-state index contributed by atoms with van der Waals surface area (Å²) in [5, 5.41) is 6.79. The summed E-state index contributed by atoms with van der Waals surface area (Å²) in [5.41, 5.74) is 2.19. The predicted octanol–water partition coefficient (Wildman–Crippen LogP) is 3.73. The van der Waals surface area contributed by atoms with E-state index in [1.54, 1.807) is 17.7 Å². The Hall–Kier alpha value is -2.18. The molecule has 1 fully saturated rings. The van der Waals surface area contributed by atoms with Gasteiger partial charge in [0, 0.05) is 41.5 Å². The molecule has 0 saturated carbocycles. The molecule has 0 aliphatic carbocycles. The highest BCUT2D eigenvalue weighted by Crippen LogP contribution is 2.38. The Morgan fingerprint density at radius 3 is 2.88 bits per heavy atom. The van der Waals surface area contributed by atoms with Crippen LogP contribution in [0.3, 0.4) is 0 Å². The van der Waals surface area contributed by atoms with E-state index in [1.165, 1.54) is 0 Å². The maximum atomic E-state index is 11.8. The fourth-order valence-corrected chi connectivity index (χ4v) is 4.26. The summed E-state index contributed by atoms with van der Waals surface area (Å²) in [6, 6.07) is 7.88. The number of carbonyl (C=O) groups is 1. The molecule has 128 valence electrons. The van der Waals surface area contributed by atoms with E-state index in [-0.39, 0.29) is 11.9 Å². The summed E-state index contributed by atoms with van der Waals surface area (Å²) >= 11 is 7.63. The summed E-state index contributed by atoms with van der Waals surface area (Å²) in [7, 11) is 0. The highest BCUT2D eigenvalue weighted by Gasteiger charge is 2.25. The molecular weight excluding hydrogens is 356 g/mol. The molecule has 4 rings (SSSR count). The van der Waals surface area contributed by atoms with Gasteiger partial charge in [-0.25, -0.2) is 9.97 Å². The van der Waals surface area contributed by atoms with Crippen LogP contribution in [0.25, 0.3) is 21.3 Å². The number of rotatable bonds is 2. The number of aromatic nitrogens is 2. The van der Waals surface area contributed by atoms with Gasteiger partial charge in [0.15, 0.2) is 0 Å². The Morgan fingerprint density at radius 2 is 2.08 bits per heavy atom. The van der Waals surface area contributed by atoms with Crippen molar-refractivity contribution in [1.82, 2.24) is 15.3 Å². The molecule has 2 aromatic heterocycles. The molecule has 0 radical (unpaired) electrons. The first-order valence-electron chi connectivity index (χ1n) is 8.15. The molecule has 0 bridgehead atoms. The second-order valence-electron chi connectivity index (χ2n) is 6.13. The third-order valence-electron chi connectivity index (χ3n) is 4.47. The zero-order valence-electron chi connectivity index (χ0n) is 13.7. The first-order chi connectivity index (χ1) is 12.1. The lowest BCUT2D eigenvalue weighted by Gasteiger charge is -2.28. The molecule has 7 heteroatoms. The molecule has 0 spiro atoms. The molecule has 25 heavy (non-hydrogen) atoms. The van der Waals surface area contributed by atoms with Crippen molar-refractivity contribution in [3.05, 3.63) is 41.0 Å². The summed E-state index contributed by atoms with van der Waals surface area (Å²) < 4.78 is 0. The zero-order chi connectivity index (χ0) is 17.4. The van der Waals surface area contributed by atoms with Crippen molar-refractivity contribution in [3.8, 4) is 11.1 Å². The molecule has 1 unspecified atom stereocenters. The molecule has 3 heterocycles. The minimum atomic E-state index is 0.0820. The zero-order valence-corrected chi connectivity index (χ0v) is 15.3. The van der Waals surface area contributed by atoms with Gasteiger partial charge < -0.3 is 10.2 Å². The molecule has 1 aromatic carbocycles. The summed E-state index contributed by atoms with van der Waals surface area (Å²) in [4.78, 5) is 24.0. The molecule has 1 atom stereocenters. The number of carbonyl (C=O) groups excluding carboxylic acids is 1. The molecule has 1 amide bonds. The number of hydrogen-bond donors (Lipinski definition) is 1. The summed E-state index contributed by atoms with van der Waals surface area (Å²) in [6.45, 7) is 3.41. The monoisotopic (exact) mass is 372 g/mol. The number of thiophene rings is 1. The average Bonchev–Trinajstić information content (AvgIpc) is 2.96. The average molecular weight is 373 g/mol. The van der Waals surface area contributed by atoms with Gasteiger partial charge in [-0.2, -0.15) is 0 Å². The van der Waals surface area contributed by atoms with E-state index < -0.39 is 0 Å². The highest BCUT2D eigenvalue weighted by atomic mass is 35.5. The van der Waals surface area contributed by atoms with Crippen LogP contribution in [0.1, 0.15) is 13.3 Å². The van der Waals surface area contributed by atoms with Crippen LogP contribution in [0.15, 0.2) is 36.0 Å². The second-order valence-corrected chi connectivity index (χ2v) is 7.42. The third-order valence-corrected chi connectivity index (χ3v) is 5.60. The number of benzene rings is 1. The van der Waals surface area contributed by atoms with Gasteiger partial charge in [0.1, 0.15) is 17.0 Å². The van der Waals surface area contributed by atoms with Gasteiger partial charge in [0.2, 0.25) is 5.91 Å². The lowest BCUT2D eigenvalue weighted by molar-refractivity contribution is -0.120.